The third-order valence-corrected chi connectivity index (χ3v) is 11.5. The average Bonchev–Trinajstić information content (AvgIpc) is 3.84. The van der Waals surface area contributed by atoms with Gasteiger partial charge in [0.15, 0.2) is 11.2 Å². The van der Waals surface area contributed by atoms with Crippen molar-refractivity contribution in [1.29, 1.82) is 0 Å². The minimum absolute atomic E-state index is 0.770. The smallest absolute Gasteiger partial charge is 0.153 e. The Bertz CT molecular complexity index is 3250. The zero-order valence-corrected chi connectivity index (χ0v) is 30.0. The maximum atomic E-state index is 6.59. The molecule has 0 spiro atoms. The first-order valence-electron chi connectivity index (χ1n) is 18.9. The zero-order valence-electron chi connectivity index (χ0n) is 30.0. The van der Waals surface area contributed by atoms with Gasteiger partial charge in [0.05, 0.1) is 12.4 Å². The summed E-state index contributed by atoms with van der Waals surface area (Å²) in [6.07, 6.45) is 7.24. The number of para-hydroxylation sites is 2. The summed E-state index contributed by atoms with van der Waals surface area (Å²) in [6, 6.07) is 57.0. The Morgan fingerprint density at radius 2 is 0.679 bits per heavy atom. The van der Waals surface area contributed by atoms with Crippen molar-refractivity contribution in [2.75, 3.05) is 0 Å². The lowest BCUT2D eigenvalue weighted by Gasteiger charge is -2.25. The van der Waals surface area contributed by atoms with Gasteiger partial charge in [-0.15, -0.1) is 0 Å². The minimum atomic E-state index is 0.770. The fourth-order valence-electron chi connectivity index (χ4n) is 9.00. The van der Waals surface area contributed by atoms with Gasteiger partial charge in [-0.3, -0.25) is 9.97 Å². The van der Waals surface area contributed by atoms with E-state index in [9.17, 15) is 0 Å². The molecule has 4 aromatic heterocycles. The van der Waals surface area contributed by atoms with Gasteiger partial charge in [0.1, 0.15) is 11.2 Å². The van der Waals surface area contributed by atoms with E-state index in [1.54, 1.807) is 12.4 Å². The molecule has 0 amide bonds. The molecule has 0 saturated heterocycles. The van der Waals surface area contributed by atoms with Crippen molar-refractivity contribution in [3.8, 4) is 77.9 Å². The van der Waals surface area contributed by atoms with Gasteiger partial charge in [0.2, 0.25) is 0 Å². The highest BCUT2D eigenvalue weighted by Gasteiger charge is 2.25. The fourth-order valence-corrected chi connectivity index (χ4v) is 9.00. The molecule has 0 saturated carbocycles. The van der Waals surface area contributed by atoms with Crippen LogP contribution in [0.25, 0.3) is 122 Å². The Balaban J connectivity index is 1.19. The van der Waals surface area contributed by atoms with Crippen molar-refractivity contribution in [2.45, 2.75) is 0 Å². The number of fused-ring (bicyclic) bond motifs is 14. The van der Waals surface area contributed by atoms with Gasteiger partial charge in [-0.05, 0) is 97.1 Å². The Hall–Kier alpha value is -7.56. The minimum Gasteiger partial charge on any atom is -0.454 e. The number of rotatable bonds is 3. The Labute approximate surface area is 322 Å². The van der Waals surface area contributed by atoms with E-state index >= 15 is 0 Å². The first kappa shape index (κ1) is 30.9. The quantitative estimate of drug-likeness (QED) is 0.183. The third-order valence-electron chi connectivity index (χ3n) is 11.5. The normalized spacial score (nSPS) is 11.9. The number of hydrogen-bond donors (Lipinski definition) is 0. The number of aromatic nitrogens is 2. The molecule has 0 fully saturated rings. The number of pyridine rings is 2. The lowest BCUT2D eigenvalue weighted by molar-refractivity contribution is 0.668. The van der Waals surface area contributed by atoms with Gasteiger partial charge in [-0.25, -0.2) is 0 Å². The molecule has 12 rings (SSSR count). The largest absolute Gasteiger partial charge is 0.454 e. The second-order valence-corrected chi connectivity index (χ2v) is 14.5. The van der Waals surface area contributed by atoms with Crippen molar-refractivity contribution < 1.29 is 8.83 Å². The maximum Gasteiger partial charge on any atom is 0.153 e. The monoisotopic (exact) mass is 714 g/mol. The molecular formula is C52H30N2O2. The summed E-state index contributed by atoms with van der Waals surface area (Å²) >= 11 is 0. The predicted octanol–water partition coefficient (Wildman–Crippen LogP) is 14.3. The first-order valence-corrected chi connectivity index (χ1v) is 18.9. The van der Waals surface area contributed by atoms with Gasteiger partial charge in [0.25, 0.3) is 0 Å². The molecule has 0 atom stereocenters. The van der Waals surface area contributed by atoms with Crippen LogP contribution in [0.4, 0.5) is 0 Å². The van der Waals surface area contributed by atoms with Gasteiger partial charge in [-0.1, -0.05) is 127 Å². The van der Waals surface area contributed by atoms with E-state index in [2.05, 4.69) is 156 Å². The van der Waals surface area contributed by atoms with E-state index in [4.69, 9.17) is 8.83 Å². The summed E-state index contributed by atoms with van der Waals surface area (Å²) in [7, 11) is 0. The van der Waals surface area contributed by atoms with E-state index in [-0.39, 0.29) is 0 Å². The third kappa shape index (κ3) is 4.53. The van der Waals surface area contributed by atoms with Crippen LogP contribution in [0.1, 0.15) is 0 Å². The van der Waals surface area contributed by atoms with Crippen LogP contribution < -0.4 is 0 Å². The number of hydrogen-bond acceptors (Lipinski definition) is 4. The fraction of sp³-hybridized carbons (Fsp3) is 0. The highest BCUT2D eigenvalue weighted by atomic mass is 16.3. The van der Waals surface area contributed by atoms with Gasteiger partial charge in [0, 0.05) is 45.1 Å². The lowest BCUT2D eigenvalue weighted by Crippen LogP contribution is -1.99. The highest BCUT2D eigenvalue weighted by Crippen LogP contribution is 2.51. The molecule has 0 bridgehead atoms. The van der Waals surface area contributed by atoms with Gasteiger partial charge < -0.3 is 8.83 Å². The highest BCUT2D eigenvalue weighted by molar-refractivity contribution is 6.13. The summed E-state index contributed by atoms with van der Waals surface area (Å²) < 4.78 is 13.2. The molecule has 4 heteroatoms. The number of nitrogens with zero attached hydrogens (tertiary/aromatic N) is 2. The Morgan fingerprint density at radius 1 is 0.304 bits per heavy atom. The SMILES string of the molecule is c1ccc2c(c1)-c1ccccc1-c1cccc(-c3cc(-c4cccc5c4oc4cnccc45)cc(-c4cccc5c4oc4cnccc45)c3)c1-c1ccccc1-2. The van der Waals surface area contributed by atoms with Crippen molar-refractivity contribution in [3.05, 3.63) is 183 Å². The van der Waals surface area contributed by atoms with E-state index < -0.39 is 0 Å². The van der Waals surface area contributed by atoms with Crippen molar-refractivity contribution in [3.63, 3.8) is 0 Å². The van der Waals surface area contributed by atoms with E-state index in [1.165, 1.54) is 44.5 Å². The summed E-state index contributed by atoms with van der Waals surface area (Å²) in [6.45, 7) is 0. The van der Waals surface area contributed by atoms with Gasteiger partial charge in [-0.2, -0.15) is 0 Å². The second kappa shape index (κ2) is 12.0. The zero-order chi connectivity index (χ0) is 36.7. The molecule has 0 N–H and O–H groups in total. The van der Waals surface area contributed by atoms with E-state index in [0.717, 1.165) is 77.3 Å². The second-order valence-electron chi connectivity index (χ2n) is 14.5. The molecule has 4 nitrogen and oxygen atoms in total. The summed E-state index contributed by atoms with van der Waals surface area (Å²) in [5.41, 5.74) is 19.3. The molecule has 56 heavy (non-hydrogen) atoms. The van der Waals surface area contributed by atoms with Crippen molar-refractivity contribution >= 4 is 43.9 Å². The molecule has 0 radical (unpaired) electrons. The van der Waals surface area contributed by atoms with Crippen molar-refractivity contribution in [1.82, 2.24) is 9.97 Å². The van der Waals surface area contributed by atoms with Crippen LogP contribution in [0.15, 0.2) is 191 Å². The molecule has 0 aliphatic heterocycles. The maximum absolute atomic E-state index is 6.59. The topological polar surface area (TPSA) is 52.1 Å². The van der Waals surface area contributed by atoms with Crippen molar-refractivity contribution in [2.24, 2.45) is 0 Å². The van der Waals surface area contributed by atoms with Crippen LogP contribution >= 0.6 is 0 Å². The standard InChI is InChI=1S/C52H30N2O2/c1-2-11-38-37(10-1)39-12-3-4-13-41(39)45-19-7-16-34(50(45)44-15-6-5-14-40(38)44)31-26-32(35-17-8-20-46-42-22-24-53-29-48(42)55-51(35)46)28-33(27-31)36-18-9-21-47-43-23-25-54-30-49(43)56-52(36)47/h1-30H. The van der Waals surface area contributed by atoms with Crippen LogP contribution in [-0.4, -0.2) is 9.97 Å². The van der Waals surface area contributed by atoms with Crippen LogP contribution in [0.5, 0.6) is 0 Å². The lowest BCUT2D eigenvalue weighted by atomic mass is 9.78. The molecule has 0 unspecified atom stereocenters. The average molecular weight is 715 g/mol. The van der Waals surface area contributed by atoms with Crippen LogP contribution in [0.2, 0.25) is 0 Å². The van der Waals surface area contributed by atoms with Crippen LogP contribution in [0.3, 0.4) is 0 Å². The molecule has 4 heterocycles. The molecule has 11 aromatic rings. The molecule has 260 valence electrons. The Morgan fingerprint density at radius 3 is 1.20 bits per heavy atom. The number of furan rings is 2. The first-order chi connectivity index (χ1) is 27.8. The van der Waals surface area contributed by atoms with Crippen LogP contribution in [-0.2, 0) is 0 Å². The molecular weight excluding hydrogens is 685 g/mol. The molecule has 1 aliphatic rings. The van der Waals surface area contributed by atoms with Gasteiger partial charge >= 0.3 is 0 Å². The predicted molar refractivity (Wildman–Crippen MR) is 228 cm³/mol. The van der Waals surface area contributed by atoms with E-state index in [1.807, 2.05) is 24.5 Å². The Kier molecular flexibility index (Phi) is 6.60. The van der Waals surface area contributed by atoms with Crippen LogP contribution in [0, 0.1) is 0 Å². The summed E-state index contributed by atoms with van der Waals surface area (Å²) in [4.78, 5) is 8.72. The number of benzene rings is 7. The summed E-state index contributed by atoms with van der Waals surface area (Å²) in [5.74, 6) is 0. The molecule has 1 aliphatic carbocycles. The molecule has 7 aromatic carbocycles. The van der Waals surface area contributed by atoms with E-state index in [0.29, 0.717) is 0 Å². The summed E-state index contributed by atoms with van der Waals surface area (Å²) in [5, 5.41) is 4.23.